The van der Waals surface area contributed by atoms with Gasteiger partial charge in [-0.3, -0.25) is 4.79 Å². The van der Waals surface area contributed by atoms with Gasteiger partial charge in [0.15, 0.2) is 5.78 Å². The van der Waals surface area contributed by atoms with Gasteiger partial charge in [-0.25, -0.2) is 4.39 Å². The second-order valence-electron chi connectivity index (χ2n) is 3.41. The minimum atomic E-state index is -0.564. The van der Waals surface area contributed by atoms with E-state index in [9.17, 15) is 9.18 Å². The lowest BCUT2D eigenvalue weighted by atomic mass is 10.1. The van der Waals surface area contributed by atoms with Crippen LogP contribution in [-0.2, 0) is 9.53 Å². The van der Waals surface area contributed by atoms with Crippen LogP contribution in [0.1, 0.15) is 31.9 Å². The fourth-order valence-corrected chi connectivity index (χ4v) is 1.32. The van der Waals surface area contributed by atoms with E-state index in [-0.39, 0.29) is 11.6 Å². The summed E-state index contributed by atoms with van der Waals surface area (Å²) in [5.41, 5.74) is 0.706. The van der Waals surface area contributed by atoms with E-state index in [0.717, 1.165) is 6.42 Å². The number of ketones is 1. The third-order valence-corrected chi connectivity index (χ3v) is 2.03. The highest BCUT2D eigenvalue weighted by Gasteiger charge is 2.16. The molecule has 1 unspecified atom stereocenters. The van der Waals surface area contributed by atoms with E-state index in [2.05, 4.69) is 0 Å². The van der Waals surface area contributed by atoms with Gasteiger partial charge >= 0.3 is 0 Å². The SMILES string of the molecule is CCCOC(C(C)=O)c1ccc(F)cc1. The number of Topliss-reactive ketones (excluding diaryl/α,β-unsaturated/α-hetero) is 1. The van der Waals surface area contributed by atoms with Gasteiger partial charge < -0.3 is 4.74 Å². The zero-order valence-electron chi connectivity index (χ0n) is 9.00. The maximum atomic E-state index is 12.7. The summed E-state index contributed by atoms with van der Waals surface area (Å²) in [6, 6.07) is 5.83. The number of benzene rings is 1. The number of hydrogen-bond acceptors (Lipinski definition) is 2. The number of rotatable bonds is 5. The minimum absolute atomic E-state index is 0.0601. The Labute approximate surface area is 89.1 Å². The van der Waals surface area contributed by atoms with Gasteiger partial charge in [-0.2, -0.15) is 0 Å². The predicted molar refractivity (Wildman–Crippen MR) is 56.1 cm³/mol. The van der Waals surface area contributed by atoms with Crippen LogP contribution in [0.5, 0.6) is 0 Å². The smallest absolute Gasteiger partial charge is 0.163 e. The van der Waals surface area contributed by atoms with E-state index in [1.807, 2.05) is 6.92 Å². The fourth-order valence-electron chi connectivity index (χ4n) is 1.32. The molecule has 0 fully saturated rings. The van der Waals surface area contributed by atoms with Crippen LogP contribution in [0.3, 0.4) is 0 Å². The van der Waals surface area contributed by atoms with Crippen molar-refractivity contribution in [2.45, 2.75) is 26.4 Å². The van der Waals surface area contributed by atoms with Gasteiger partial charge in [-0.05, 0) is 31.0 Å². The molecule has 0 radical (unpaired) electrons. The summed E-state index contributed by atoms with van der Waals surface area (Å²) in [4.78, 5) is 11.3. The average Bonchev–Trinajstić information content (AvgIpc) is 2.21. The highest BCUT2D eigenvalue weighted by molar-refractivity contribution is 5.81. The number of carbonyl (C=O) groups excluding carboxylic acids is 1. The number of halogens is 1. The topological polar surface area (TPSA) is 26.3 Å². The van der Waals surface area contributed by atoms with Crippen molar-refractivity contribution in [2.75, 3.05) is 6.61 Å². The molecule has 1 rings (SSSR count). The van der Waals surface area contributed by atoms with Crippen LogP contribution in [0.2, 0.25) is 0 Å². The molecule has 0 heterocycles. The molecule has 0 aliphatic carbocycles. The Balaban J connectivity index is 2.79. The summed E-state index contributed by atoms with van der Waals surface area (Å²) >= 11 is 0. The molecule has 0 aliphatic heterocycles. The van der Waals surface area contributed by atoms with Gasteiger partial charge in [0, 0.05) is 6.61 Å². The molecule has 1 aromatic carbocycles. The Morgan fingerprint density at radius 3 is 2.47 bits per heavy atom. The molecule has 0 N–H and O–H groups in total. The first kappa shape index (κ1) is 11.9. The zero-order chi connectivity index (χ0) is 11.3. The van der Waals surface area contributed by atoms with Crippen molar-refractivity contribution in [1.82, 2.24) is 0 Å². The molecule has 82 valence electrons. The molecular formula is C12H15FO2. The second kappa shape index (κ2) is 5.61. The number of ether oxygens (including phenoxy) is 1. The Morgan fingerprint density at radius 2 is 2.00 bits per heavy atom. The van der Waals surface area contributed by atoms with Gasteiger partial charge in [-0.1, -0.05) is 19.1 Å². The van der Waals surface area contributed by atoms with E-state index in [0.29, 0.717) is 12.2 Å². The zero-order valence-corrected chi connectivity index (χ0v) is 9.00. The first-order chi connectivity index (χ1) is 7.15. The molecule has 0 saturated heterocycles. The molecule has 0 saturated carbocycles. The Bertz CT molecular complexity index is 319. The van der Waals surface area contributed by atoms with Crippen molar-refractivity contribution < 1.29 is 13.9 Å². The van der Waals surface area contributed by atoms with Crippen molar-refractivity contribution in [1.29, 1.82) is 0 Å². The maximum absolute atomic E-state index is 12.7. The normalized spacial score (nSPS) is 12.5. The Morgan fingerprint density at radius 1 is 1.40 bits per heavy atom. The van der Waals surface area contributed by atoms with Crippen LogP contribution >= 0.6 is 0 Å². The van der Waals surface area contributed by atoms with Crippen molar-refractivity contribution in [3.63, 3.8) is 0 Å². The summed E-state index contributed by atoms with van der Waals surface area (Å²) in [6.45, 7) is 3.98. The van der Waals surface area contributed by atoms with E-state index in [1.165, 1.54) is 19.1 Å². The molecule has 2 nitrogen and oxygen atoms in total. The number of carbonyl (C=O) groups is 1. The summed E-state index contributed by atoms with van der Waals surface area (Å²) in [5, 5.41) is 0. The first-order valence-electron chi connectivity index (χ1n) is 5.02. The highest BCUT2D eigenvalue weighted by Crippen LogP contribution is 2.19. The third-order valence-electron chi connectivity index (χ3n) is 2.03. The van der Waals surface area contributed by atoms with Crippen molar-refractivity contribution in [2.24, 2.45) is 0 Å². The number of hydrogen-bond donors (Lipinski definition) is 0. The van der Waals surface area contributed by atoms with Crippen LogP contribution in [0.15, 0.2) is 24.3 Å². The second-order valence-corrected chi connectivity index (χ2v) is 3.41. The molecule has 0 amide bonds. The van der Waals surface area contributed by atoms with Crippen molar-refractivity contribution in [3.05, 3.63) is 35.6 Å². The summed E-state index contributed by atoms with van der Waals surface area (Å²) in [6.07, 6.45) is 0.288. The highest BCUT2D eigenvalue weighted by atomic mass is 19.1. The minimum Gasteiger partial charge on any atom is -0.366 e. The molecule has 0 aromatic heterocycles. The molecule has 1 aromatic rings. The van der Waals surface area contributed by atoms with E-state index < -0.39 is 6.10 Å². The van der Waals surface area contributed by atoms with Crippen molar-refractivity contribution >= 4 is 5.78 Å². The summed E-state index contributed by atoms with van der Waals surface area (Å²) < 4.78 is 18.1. The third kappa shape index (κ3) is 3.44. The Hall–Kier alpha value is -1.22. The molecule has 0 spiro atoms. The monoisotopic (exact) mass is 210 g/mol. The lowest BCUT2D eigenvalue weighted by molar-refractivity contribution is -0.128. The summed E-state index contributed by atoms with van der Waals surface area (Å²) in [5.74, 6) is -0.369. The predicted octanol–water partition coefficient (Wildman–Crippen LogP) is 2.88. The lowest BCUT2D eigenvalue weighted by Gasteiger charge is -2.14. The molecule has 0 aliphatic rings. The van der Waals surface area contributed by atoms with Crippen molar-refractivity contribution in [3.8, 4) is 0 Å². The van der Waals surface area contributed by atoms with E-state index >= 15 is 0 Å². The van der Waals surface area contributed by atoms with Gasteiger partial charge in [0.1, 0.15) is 11.9 Å². The van der Waals surface area contributed by atoms with Crippen LogP contribution in [0, 0.1) is 5.82 Å². The van der Waals surface area contributed by atoms with Gasteiger partial charge in [0.2, 0.25) is 0 Å². The largest absolute Gasteiger partial charge is 0.366 e. The lowest BCUT2D eigenvalue weighted by Crippen LogP contribution is -2.13. The Kier molecular flexibility index (Phi) is 4.43. The summed E-state index contributed by atoms with van der Waals surface area (Å²) in [7, 11) is 0. The average molecular weight is 210 g/mol. The fraction of sp³-hybridized carbons (Fsp3) is 0.417. The van der Waals surface area contributed by atoms with Gasteiger partial charge in [0.05, 0.1) is 0 Å². The van der Waals surface area contributed by atoms with Gasteiger partial charge in [-0.15, -0.1) is 0 Å². The molecular weight excluding hydrogens is 195 g/mol. The molecule has 15 heavy (non-hydrogen) atoms. The molecule has 3 heteroatoms. The van der Waals surface area contributed by atoms with Crippen LogP contribution < -0.4 is 0 Å². The van der Waals surface area contributed by atoms with Crippen LogP contribution in [0.25, 0.3) is 0 Å². The molecule has 1 atom stereocenters. The first-order valence-corrected chi connectivity index (χ1v) is 5.02. The maximum Gasteiger partial charge on any atom is 0.163 e. The van der Waals surface area contributed by atoms with E-state index in [4.69, 9.17) is 4.74 Å². The standard InChI is InChI=1S/C12H15FO2/c1-3-8-15-12(9(2)14)10-4-6-11(13)7-5-10/h4-7,12H,3,8H2,1-2H3. The van der Waals surface area contributed by atoms with Crippen LogP contribution in [0.4, 0.5) is 4.39 Å². The molecule has 0 bridgehead atoms. The van der Waals surface area contributed by atoms with Crippen LogP contribution in [-0.4, -0.2) is 12.4 Å². The van der Waals surface area contributed by atoms with E-state index in [1.54, 1.807) is 12.1 Å². The van der Waals surface area contributed by atoms with Gasteiger partial charge in [0.25, 0.3) is 0 Å². The quantitative estimate of drug-likeness (QED) is 0.747.